The molecule has 0 fully saturated rings. The Morgan fingerprint density at radius 3 is 2.00 bits per heavy atom. The van der Waals surface area contributed by atoms with Crippen molar-refractivity contribution in [3.05, 3.63) is 35.4 Å². The van der Waals surface area contributed by atoms with E-state index in [0.717, 1.165) is 11.1 Å². The van der Waals surface area contributed by atoms with Gasteiger partial charge < -0.3 is 17.8 Å². The van der Waals surface area contributed by atoms with Crippen LogP contribution in [0.5, 0.6) is 0 Å². The van der Waals surface area contributed by atoms with Gasteiger partial charge in [-0.2, -0.15) is 0 Å². The molecule has 5 heteroatoms. The highest BCUT2D eigenvalue weighted by Gasteiger charge is 2.29. The molecule has 0 amide bonds. The third-order valence-corrected chi connectivity index (χ3v) is 2.37. The summed E-state index contributed by atoms with van der Waals surface area (Å²) in [7, 11) is 0. The Bertz CT molecular complexity index is 312. The van der Waals surface area contributed by atoms with Crippen LogP contribution in [0, 0.1) is 0 Å². The summed E-state index contributed by atoms with van der Waals surface area (Å²) in [5.74, 6) is 0. The molecule has 0 radical (unpaired) electrons. The summed E-state index contributed by atoms with van der Waals surface area (Å²) >= 11 is 0. The summed E-state index contributed by atoms with van der Waals surface area (Å²) in [6.45, 7) is -3.84. The summed E-state index contributed by atoms with van der Waals surface area (Å²) in [5.41, 5.74) is 2.04. The highest BCUT2D eigenvalue weighted by molar-refractivity contribution is 6.58. The second-order valence-electron chi connectivity index (χ2n) is 3.65. The second kappa shape index (κ2) is 3.31. The van der Waals surface area contributed by atoms with Crippen LogP contribution in [-0.2, 0) is 13.1 Å². The normalized spacial score (nSPS) is 17.1. The summed E-state index contributed by atoms with van der Waals surface area (Å²) < 4.78 is 36.5. The van der Waals surface area contributed by atoms with Gasteiger partial charge in [-0.3, -0.25) is 0 Å². The van der Waals surface area contributed by atoms with Crippen molar-refractivity contribution in [2.24, 2.45) is 0 Å². The zero-order valence-corrected chi connectivity index (χ0v) is 7.59. The van der Waals surface area contributed by atoms with Crippen molar-refractivity contribution in [3.8, 4) is 0 Å². The lowest BCUT2D eigenvalue weighted by molar-refractivity contribution is 0.287. The number of hydrogen-bond donors (Lipinski definition) is 0. The van der Waals surface area contributed by atoms with Crippen molar-refractivity contribution in [2.45, 2.75) is 13.1 Å². The lowest BCUT2D eigenvalue weighted by atomic mass is 9.91. The van der Waals surface area contributed by atoms with Gasteiger partial charge in [0.1, 0.15) is 0 Å². The van der Waals surface area contributed by atoms with E-state index in [1.54, 1.807) is 0 Å². The van der Waals surface area contributed by atoms with E-state index in [-0.39, 0.29) is 0 Å². The van der Waals surface area contributed by atoms with Gasteiger partial charge in [-0.1, -0.05) is 24.3 Å². The Hall–Kier alpha value is -0.965. The van der Waals surface area contributed by atoms with Gasteiger partial charge in [-0.25, -0.2) is 0 Å². The zero-order chi connectivity index (χ0) is 10.2. The molecular formula is C9H10BF3N-. The third-order valence-electron chi connectivity index (χ3n) is 2.37. The first kappa shape index (κ1) is 9.58. The first-order chi connectivity index (χ1) is 6.54. The van der Waals surface area contributed by atoms with Crippen molar-refractivity contribution in [2.75, 3.05) is 6.44 Å². The van der Waals surface area contributed by atoms with E-state index in [1.165, 1.54) is 4.90 Å². The van der Waals surface area contributed by atoms with Crippen LogP contribution in [0.15, 0.2) is 24.3 Å². The van der Waals surface area contributed by atoms with E-state index >= 15 is 0 Å². The second-order valence-corrected chi connectivity index (χ2v) is 3.65. The first-order valence-corrected chi connectivity index (χ1v) is 4.55. The van der Waals surface area contributed by atoms with Crippen LogP contribution >= 0.6 is 0 Å². The summed E-state index contributed by atoms with van der Waals surface area (Å²) in [6, 6.07) is 7.50. The number of rotatable bonds is 2. The van der Waals surface area contributed by atoms with Crippen molar-refractivity contribution < 1.29 is 12.9 Å². The molecule has 14 heavy (non-hydrogen) atoms. The maximum absolute atomic E-state index is 12.2. The monoisotopic (exact) mass is 200 g/mol. The molecule has 0 aromatic heterocycles. The van der Waals surface area contributed by atoms with E-state index in [4.69, 9.17) is 0 Å². The lowest BCUT2D eigenvalue weighted by Crippen LogP contribution is -2.34. The molecule has 0 saturated carbocycles. The SMILES string of the molecule is F[B-](F)(F)CN1Cc2ccccc2C1. The third kappa shape index (κ3) is 2.09. The van der Waals surface area contributed by atoms with E-state index in [2.05, 4.69) is 0 Å². The van der Waals surface area contributed by atoms with Gasteiger partial charge in [0.15, 0.2) is 0 Å². The smallest absolute Gasteiger partial charge is 0.448 e. The molecule has 0 saturated heterocycles. The number of fused-ring (bicyclic) bond motifs is 1. The lowest BCUT2D eigenvalue weighted by Gasteiger charge is -2.22. The fourth-order valence-electron chi connectivity index (χ4n) is 1.83. The van der Waals surface area contributed by atoms with Gasteiger partial charge >= 0.3 is 6.98 Å². The average Bonchev–Trinajstić information content (AvgIpc) is 2.42. The van der Waals surface area contributed by atoms with E-state index in [1.807, 2.05) is 24.3 Å². The maximum Gasteiger partial charge on any atom is 0.492 e. The number of benzene rings is 1. The molecule has 1 aliphatic heterocycles. The fourth-order valence-corrected chi connectivity index (χ4v) is 1.83. The molecule has 0 unspecified atom stereocenters. The Kier molecular flexibility index (Phi) is 2.27. The molecule has 1 heterocycles. The molecule has 0 N–H and O–H groups in total. The predicted octanol–water partition coefficient (Wildman–Crippen LogP) is 2.39. The zero-order valence-electron chi connectivity index (χ0n) is 7.59. The minimum Gasteiger partial charge on any atom is -0.448 e. The summed E-state index contributed by atoms with van der Waals surface area (Å²) in [6.07, 6.45) is -0.755. The van der Waals surface area contributed by atoms with Crippen LogP contribution in [0.25, 0.3) is 0 Å². The van der Waals surface area contributed by atoms with E-state index < -0.39 is 13.4 Å². The van der Waals surface area contributed by atoms with Gasteiger partial charge in [0.05, 0.1) is 0 Å². The number of halogens is 3. The molecular weight excluding hydrogens is 190 g/mol. The van der Waals surface area contributed by atoms with Gasteiger partial charge in [0, 0.05) is 13.1 Å². The van der Waals surface area contributed by atoms with Crippen molar-refractivity contribution in [1.29, 1.82) is 0 Å². The van der Waals surface area contributed by atoms with Crippen LogP contribution in [0.4, 0.5) is 12.9 Å². The molecule has 1 aliphatic rings. The van der Waals surface area contributed by atoms with E-state index in [9.17, 15) is 12.9 Å². The standard InChI is InChI=1S/C9H10BF3N/c11-10(12,13)7-14-5-8-3-1-2-4-9(8)6-14/h1-4H,5-7H2/q-1. The fraction of sp³-hybridized carbons (Fsp3) is 0.333. The largest absolute Gasteiger partial charge is 0.492 e. The average molecular weight is 200 g/mol. The Morgan fingerprint density at radius 1 is 1.07 bits per heavy atom. The first-order valence-electron chi connectivity index (χ1n) is 4.55. The van der Waals surface area contributed by atoms with Crippen LogP contribution in [0.3, 0.4) is 0 Å². The Balaban J connectivity index is 2.05. The molecule has 1 nitrogen and oxygen atoms in total. The van der Waals surface area contributed by atoms with Gasteiger partial charge in [-0.15, -0.1) is 0 Å². The molecule has 0 bridgehead atoms. The van der Waals surface area contributed by atoms with Crippen LogP contribution in [-0.4, -0.2) is 18.3 Å². The van der Waals surface area contributed by atoms with Crippen molar-refractivity contribution in [3.63, 3.8) is 0 Å². The van der Waals surface area contributed by atoms with Crippen LogP contribution < -0.4 is 0 Å². The topological polar surface area (TPSA) is 3.24 Å². The predicted molar refractivity (Wildman–Crippen MR) is 49.6 cm³/mol. The van der Waals surface area contributed by atoms with Crippen LogP contribution in [0.2, 0.25) is 0 Å². The highest BCUT2D eigenvalue weighted by Crippen LogP contribution is 2.24. The molecule has 1 aromatic carbocycles. The minimum atomic E-state index is -4.70. The summed E-state index contributed by atoms with van der Waals surface area (Å²) in [4.78, 5) is 1.44. The highest BCUT2D eigenvalue weighted by atomic mass is 19.4. The van der Waals surface area contributed by atoms with Crippen molar-refractivity contribution >= 4 is 6.98 Å². The van der Waals surface area contributed by atoms with Gasteiger partial charge in [-0.05, 0) is 17.6 Å². The van der Waals surface area contributed by atoms with Crippen LogP contribution in [0.1, 0.15) is 11.1 Å². The molecule has 0 aliphatic carbocycles. The molecule has 2 rings (SSSR count). The molecule has 0 atom stereocenters. The number of nitrogens with zero attached hydrogens (tertiary/aromatic N) is 1. The molecule has 1 aromatic rings. The number of hydrogen-bond acceptors (Lipinski definition) is 1. The van der Waals surface area contributed by atoms with Crippen molar-refractivity contribution in [1.82, 2.24) is 4.90 Å². The summed E-state index contributed by atoms with van der Waals surface area (Å²) in [5, 5.41) is 0. The molecule has 0 spiro atoms. The van der Waals surface area contributed by atoms with Gasteiger partial charge in [0.25, 0.3) is 0 Å². The van der Waals surface area contributed by atoms with Gasteiger partial charge in [0.2, 0.25) is 0 Å². The quantitative estimate of drug-likeness (QED) is 0.662. The minimum absolute atomic E-state index is 0.428. The Morgan fingerprint density at radius 2 is 1.57 bits per heavy atom. The molecule has 76 valence electrons. The Labute approximate surface area is 80.6 Å². The van der Waals surface area contributed by atoms with E-state index in [0.29, 0.717) is 13.1 Å². The maximum atomic E-state index is 12.2.